The van der Waals surface area contributed by atoms with E-state index in [1.165, 1.54) is 24.3 Å². The largest absolute Gasteiger partial charge is 0.395 e. The summed E-state index contributed by atoms with van der Waals surface area (Å²) in [5, 5.41) is 15.3. The molecule has 1 amide bonds. The minimum absolute atomic E-state index is 0.110. The molecule has 0 fully saturated rings. The van der Waals surface area contributed by atoms with E-state index in [4.69, 9.17) is 4.74 Å². The van der Waals surface area contributed by atoms with Crippen molar-refractivity contribution < 1.29 is 27.4 Å². The lowest BCUT2D eigenvalue weighted by atomic mass is 9.86. The minimum atomic E-state index is -3.88. The monoisotopic (exact) mass is 695 g/mol. The standard InChI is InChI=1S/C40H42FN3O5S/c41-36-22-13-23-37(35(36)25-24-33(28-42-26-27-45)44-50(47,48)34-20-11-4-12-21-34)43-40(46)39(49-29-30-14-5-1-6-15-30)38(31-16-7-2-8-17-31)32-18-9-3-10-19-32/h1-23,33,38-39,42,44-45H,24-29H2,(H,43,46)/t33-,39?/m0/s1. The van der Waals surface area contributed by atoms with E-state index in [-0.39, 0.29) is 55.3 Å². The van der Waals surface area contributed by atoms with Gasteiger partial charge in [0.2, 0.25) is 10.0 Å². The van der Waals surface area contributed by atoms with Crippen LogP contribution >= 0.6 is 0 Å². The fourth-order valence-electron chi connectivity index (χ4n) is 5.84. The van der Waals surface area contributed by atoms with Gasteiger partial charge in [-0.2, -0.15) is 0 Å². The van der Waals surface area contributed by atoms with E-state index in [1.54, 1.807) is 24.3 Å². The zero-order chi connectivity index (χ0) is 35.2. The predicted octanol–water partition coefficient (Wildman–Crippen LogP) is 6.04. The molecule has 0 saturated carbocycles. The van der Waals surface area contributed by atoms with Gasteiger partial charge >= 0.3 is 0 Å². The van der Waals surface area contributed by atoms with Crippen molar-refractivity contribution in [3.05, 3.63) is 168 Å². The van der Waals surface area contributed by atoms with Crippen LogP contribution in [0.3, 0.4) is 0 Å². The molecule has 0 saturated heterocycles. The van der Waals surface area contributed by atoms with Crippen molar-refractivity contribution >= 4 is 21.6 Å². The summed E-state index contributed by atoms with van der Waals surface area (Å²) in [5.41, 5.74) is 3.18. The van der Waals surface area contributed by atoms with Crippen LogP contribution in [0.4, 0.5) is 10.1 Å². The molecule has 0 radical (unpaired) electrons. The molecular formula is C40H42FN3O5S. The van der Waals surface area contributed by atoms with Crippen LogP contribution in [-0.2, 0) is 32.6 Å². The van der Waals surface area contributed by atoms with Gasteiger partial charge in [-0.15, -0.1) is 0 Å². The van der Waals surface area contributed by atoms with Gasteiger partial charge in [-0.25, -0.2) is 17.5 Å². The molecule has 5 aromatic rings. The van der Waals surface area contributed by atoms with Crippen molar-refractivity contribution in [3.63, 3.8) is 0 Å². The fraction of sp³-hybridized carbons (Fsp3) is 0.225. The van der Waals surface area contributed by atoms with Crippen molar-refractivity contribution in [1.29, 1.82) is 0 Å². The molecule has 0 aliphatic carbocycles. The van der Waals surface area contributed by atoms with Gasteiger partial charge in [0.15, 0.2) is 0 Å². The van der Waals surface area contributed by atoms with Gasteiger partial charge in [0.1, 0.15) is 11.9 Å². The Morgan fingerprint density at radius 3 is 1.94 bits per heavy atom. The SMILES string of the molecule is O=C(Nc1cccc(F)c1CC[C@@H](CNCCO)NS(=O)(=O)c1ccccc1)C(OCc1ccccc1)C(c1ccccc1)c1ccccc1. The highest BCUT2D eigenvalue weighted by molar-refractivity contribution is 7.89. The number of sulfonamides is 1. The van der Waals surface area contributed by atoms with Crippen LogP contribution < -0.4 is 15.4 Å². The van der Waals surface area contributed by atoms with Crippen molar-refractivity contribution in [2.24, 2.45) is 0 Å². The first kappa shape index (κ1) is 36.6. The molecule has 10 heteroatoms. The lowest BCUT2D eigenvalue weighted by Gasteiger charge is -2.28. The van der Waals surface area contributed by atoms with Gasteiger partial charge in [0.05, 0.1) is 18.1 Å². The first-order valence-corrected chi connectivity index (χ1v) is 18.1. The number of amides is 1. The number of anilines is 1. The number of hydrogen-bond donors (Lipinski definition) is 4. The Morgan fingerprint density at radius 2 is 1.34 bits per heavy atom. The molecular weight excluding hydrogens is 654 g/mol. The number of halogens is 1. The Balaban J connectivity index is 1.42. The predicted molar refractivity (Wildman–Crippen MR) is 194 cm³/mol. The number of aliphatic hydroxyl groups is 1. The zero-order valence-electron chi connectivity index (χ0n) is 27.6. The van der Waals surface area contributed by atoms with Crippen molar-refractivity contribution in [2.75, 3.05) is 25.0 Å². The quantitative estimate of drug-likeness (QED) is 0.0831. The van der Waals surface area contributed by atoms with Gasteiger partial charge in [-0.05, 0) is 53.8 Å². The number of rotatable bonds is 18. The first-order valence-electron chi connectivity index (χ1n) is 16.6. The second-order valence-electron chi connectivity index (χ2n) is 11.9. The molecule has 0 heterocycles. The van der Waals surface area contributed by atoms with Crippen LogP contribution in [-0.4, -0.2) is 51.3 Å². The Kier molecular flexibility index (Phi) is 13.4. The highest BCUT2D eigenvalue weighted by Crippen LogP contribution is 2.32. The van der Waals surface area contributed by atoms with E-state index < -0.39 is 39.8 Å². The van der Waals surface area contributed by atoms with E-state index in [2.05, 4.69) is 15.4 Å². The molecule has 0 aliphatic heterocycles. The third-order valence-corrected chi connectivity index (χ3v) is 9.86. The van der Waals surface area contributed by atoms with Gasteiger partial charge < -0.3 is 20.5 Å². The summed E-state index contributed by atoms with van der Waals surface area (Å²) in [7, 11) is -3.88. The summed E-state index contributed by atoms with van der Waals surface area (Å²) in [4.78, 5) is 14.5. The maximum atomic E-state index is 15.5. The summed E-state index contributed by atoms with van der Waals surface area (Å²) >= 11 is 0. The lowest BCUT2D eigenvalue weighted by Crippen LogP contribution is -2.43. The molecule has 5 rings (SSSR count). The minimum Gasteiger partial charge on any atom is -0.395 e. The van der Waals surface area contributed by atoms with Crippen LogP contribution in [0.5, 0.6) is 0 Å². The number of carbonyl (C=O) groups is 1. The maximum Gasteiger partial charge on any atom is 0.254 e. The second kappa shape index (κ2) is 18.3. The fourth-order valence-corrected chi connectivity index (χ4v) is 7.14. The molecule has 0 spiro atoms. The van der Waals surface area contributed by atoms with Gasteiger partial charge in [0.25, 0.3) is 5.91 Å². The molecule has 1 unspecified atom stereocenters. The number of carbonyl (C=O) groups excluding carboxylic acids is 1. The highest BCUT2D eigenvalue weighted by atomic mass is 32.2. The Labute approximate surface area is 293 Å². The molecule has 0 bridgehead atoms. The molecule has 2 atom stereocenters. The van der Waals surface area contributed by atoms with Crippen LogP contribution in [0.2, 0.25) is 0 Å². The number of hydrogen-bond acceptors (Lipinski definition) is 6. The average Bonchev–Trinajstić information content (AvgIpc) is 3.14. The third kappa shape index (κ3) is 10.2. The third-order valence-electron chi connectivity index (χ3n) is 8.33. The summed E-state index contributed by atoms with van der Waals surface area (Å²) in [5.74, 6) is -1.45. The van der Waals surface area contributed by atoms with E-state index in [0.29, 0.717) is 0 Å². The summed E-state index contributed by atoms with van der Waals surface area (Å²) < 4.78 is 51.0. The molecule has 8 nitrogen and oxygen atoms in total. The van der Waals surface area contributed by atoms with Crippen molar-refractivity contribution in [3.8, 4) is 0 Å². The van der Waals surface area contributed by atoms with Gasteiger partial charge in [0, 0.05) is 36.3 Å². The molecule has 260 valence electrons. The molecule has 0 aromatic heterocycles. The maximum absolute atomic E-state index is 15.5. The van der Waals surface area contributed by atoms with Crippen LogP contribution in [0.1, 0.15) is 34.6 Å². The molecule has 0 aliphatic rings. The zero-order valence-corrected chi connectivity index (χ0v) is 28.4. The van der Waals surface area contributed by atoms with Crippen molar-refractivity contribution in [1.82, 2.24) is 10.0 Å². The van der Waals surface area contributed by atoms with E-state index in [9.17, 15) is 18.3 Å². The second-order valence-corrected chi connectivity index (χ2v) is 13.6. The summed E-state index contributed by atoms with van der Waals surface area (Å²) in [6.45, 7) is 0.518. The van der Waals surface area contributed by atoms with Gasteiger partial charge in [-0.3, -0.25) is 4.79 Å². The highest BCUT2D eigenvalue weighted by Gasteiger charge is 2.33. The average molecular weight is 696 g/mol. The Bertz CT molecular complexity index is 1840. The van der Waals surface area contributed by atoms with Gasteiger partial charge in [-0.1, -0.05) is 115 Å². The lowest BCUT2D eigenvalue weighted by molar-refractivity contribution is -0.129. The first-order chi connectivity index (χ1) is 24.4. The van der Waals surface area contributed by atoms with Crippen LogP contribution in [0, 0.1) is 5.82 Å². The Hall–Kier alpha value is -4.71. The summed E-state index contributed by atoms with van der Waals surface area (Å²) in [6, 6.07) is 40.8. The number of ether oxygens (including phenoxy) is 1. The van der Waals surface area contributed by atoms with E-state index in [1.807, 2.05) is 91.0 Å². The Morgan fingerprint density at radius 1 is 0.760 bits per heavy atom. The van der Waals surface area contributed by atoms with Crippen LogP contribution in [0.25, 0.3) is 0 Å². The van der Waals surface area contributed by atoms with E-state index >= 15 is 4.39 Å². The molecule has 50 heavy (non-hydrogen) atoms. The van der Waals surface area contributed by atoms with Crippen LogP contribution in [0.15, 0.2) is 144 Å². The topological polar surface area (TPSA) is 117 Å². The number of aliphatic hydroxyl groups excluding tert-OH is 1. The number of benzene rings is 5. The van der Waals surface area contributed by atoms with E-state index in [0.717, 1.165) is 16.7 Å². The smallest absolute Gasteiger partial charge is 0.254 e. The van der Waals surface area contributed by atoms with Crippen molar-refractivity contribution in [2.45, 2.75) is 42.4 Å². The summed E-state index contributed by atoms with van der Waals surface area (Å²) in [6.07, 6.45) is -0.676. The number of nitrogens with one attached hydrogen (secondary N) is 3. The molecule has 4 N–H and O–H groups in total. The molecule has 5 aromatic carbocycles. The normalized spacial score (nSPS) is 12.8.